The molecule has 1 aromatic heterocycles. The first-order valence-corrected chi connectivity index (χ1v) is 6.37. The van der Waals surface area contributed by atoms with Gasteiger partial charge in [-0.1, -0.05) is 11.8 Å². The van der Waals surface area contributed by atoms with Gasteiger partial charge in [-0.15, -0.1) is 0 Å². The SMILES string of the molecule is CN(C(=O)c1ccncc1C#CCCO)C(C)(C)CO. The van der Waals surface area contributed by atoms with E-state index in [-0.39, 0.29) is 19.1 Å². The summed E-state index contributed by atoms with van der Waals surface area (Å²) in [7, 11) is 1.64. The molecule has 1 heterocycles. The van der Waals surface area contributed by atoms with E-state index in [1.165, 1.54) is 17.3 Å². The Bertz CT molecular complexity index is 529. The summed E-state index contributed by atoms with van der Waals surface area (Å²) >= 11 is 0. The van der Waals surface area contributed by atoms with Crippen LogP contribution in [-0.2, 0) is 0 Å². The highest BCUT2D eigenvalue weighted by Gasteiger charge is 2.28. The minimum atomic E-state index is -0.657. The zero-order valence-corrected chi connectivity index (χ0v) is 12.1. The number of pyridine rings is 1. The van der Waals surface area contributed by atoms with Gasteiger partial charge in [-0.3, -0.25) is 9.78 Å². The molecule has 2 N–H and O–H groups in total. The molecule has 0 radical (unpaired) electrons. The predicted molar refractivity (Wildman–Crippen MR) is 76.1 cm³/mol. The number of rotatable bonds is 4. The molecule has 0 saturated carbocycles. The van der Waals surface area contributed by atoms with Crippen molar-refractivity contribution in [2.24, 2.45) is 0 Å². The average molecular weight is 276 g/mol. The monoisotopic (exact) mass is 276 g/mol. The minimum absolute atomic E-state index is 0.0199. The second-order valence-electron chi connectivity index (χ2n) is 5.03. The lowest BCUT2D eigenvalue weighted by molar-refractivity contribution is 0.0473. The van der Waals surface area contributed by atoms with Gasteiger partial charge in [0.2, 0.25) is 0 Å². The van der Waals surface area contributed by atoms with Gasteiger partial charge in [0.1, 0.15) is 0 Å². The third-order valence-electron chi connectivity index (χ3n) is 3.11. The summed E-state index contributed by atoms with van der Waals surface area (Å²) in [4.78, 5) is 17.9. The van der Waals surface area contributed by atoms with Crippen LogP contribution in [0, 0.1) is 11.8 Å². The Kier molecular flexibility index (Phi) is 5.68. The number of likely N-dealkylation sites (N-methyl/N-ethyl adjacent to an activating group) is 1. The minimum Gasteiger partial charge on any atom is -0.395 e. The van der Waals surface area contributed by atoms with Crippen molar-refractivity contribution in [3.05, 3.63) is 29.6 Å². The van der Waals surface area contributed by atoms with E-state index in [0.29, 0.717) is 17.5 Å². The number of carbonyl (C=O) groups is 1. The zero-order valence-electron chi connectivity index (χ0n) is 12.1. The molecule has 1 aromatic rings. The van der Waals surface area contributed by atoms with Crippen LogP contribution in [-0.4, -0.2) is 51.8 Å². The van der Waals surface area contributed by atoms with Gasteiger partial charge in [0.05, 0.1) is 29.9 Å². The maximum absolute atomic E-state index is 12.5. The molecule has 0 unspecified atom stereocenters. The summed E-state index contributed by atoms with van der Waals surface area (Å²) in [5, 5.41) is 18.1. The van der Waals surface area contributed by atoms with Gasteiger partial charge in [-0.2, -0.15) is 0 Å². The molecule has 108 valence electrons. The summed E-state index contributed by atoms with van der Waals surface area (Å²) in [6, 6.07) is 1.61. The number of carbonyl (C=O) groups excluding carboxylic acids is 1. The lowest BCUT2D eigenvalue weighted by Crippen LogP contribution is -2.47. The number of amides is 1. The number of hydrogen-bond acceptors (Lipinski definition) is 4. The van der Waals surface area contributed by atoms with Gasteiger partial charge < -0.3 is 15.1 Å². The van der Waals surface area contributed by atoms with Gasteiger partial charge in [-0.25, -0.2) is 0 Å². The molecule has 20 heavy (non-hydrogen) atoms. The Balaban J connectivity index is 3.08. The van der Waals surface area contributed by atoms with Gasteiger partial charge in [-0.05, 0) is 19.9 Å². The van der Waals surface area contributed by atoms with Crippen molar-refractivity contribution in [1.29, 1.82) is 0 Å². The van der Waals surface area contributed by atoms with Gasteiger partial charge in [0.15, 0.2) is 0 Å². The molecule has 0 aliphatic carbocycles. The van der Waals surface area contributed by atoms with Crippen molar-refractivity contribution in [3.63, 3.8) is 0 Å². The van der Waals surface area contributed by atoms with E-state index in [0.717, 1.165) is 0 Å². The fourth-order valence-corrected chi connectivity index (χ4v) is 1.46. The van der Waals surface area contributed by atoms with Gasteiger partial charge in [0, 0.05) is 25.9 Å². The smallest absolute Gasteiger partial charge is 0.255 e. The highest BCUT2D eigenvalue weighted by molar-refractivity contribution is 5.96. The van der Waals surface area contributed by atoms with Gasteiger partial charge in [0.25, 0.3) is 5.91 Å². The Morgan fingerprint density at radius 3 is 2.75 bits per heavy atom. The Morgan fingerprint density at radius 1 is 1.45 bits per heavy atom. The highest BCUT2D eigenvalue weighted by atomic mass is 16.3. The van der Waals surface area contributed by atoms with Crippen LogP contribution in [0.5, 0.6) is 0 Å². The summed E-state index contributed by atoms with van der Waals surface area (Å²) in [6.45, 7) is 3.41. The van der Waals surface area contributed by atoms with Crippen LogP contribution < -0.4 is 0 Å². The molecule has 0 atom stereocenters. The second-order valence-corrected chi connectivity index (χ2v) is 5.03. The lowest BCUT2D eigenvalue weighted by atomic mass is 10.0. The molecule has 1 rings (SSSR count). The predicted octanol–water partition coefficient (Wildman–Crippen LogP) is 0.658. The standard InChI is InChI=1S/C15H20N2O3/c1-15(2,11-19)17(3)14(20)13-7-8-16-10-12(13)6-4-5-9-18/h7-8,10,18-19H,5,9,11H2,1-3H3. The summed E-state index contributed by atoms with van der Waals surface area (Å²) in [5.41, 5.74) is 0.303. The molecule has 0 aliphatic rings. The second kappa shape index (κ2) is 7.04. The van der Waals surface area contributed by atoms with Crippen molar-refractivity contribution in [2.75, 3.05) is 20.3 Å². The van der Waals surface area contributed by atoms with Crippen LogP contribution >= 0.6 is 0 Å². The van der Waals surface area contributed by atoms with Crippen molar-refractivity contribution in [3.8, 4) is 11.8 Å². The van der Waals surface area contributed by atoms with E-state index in [9.17, 15) is 9.90 Å². The molecular weight excluding hydrogens is 256 g/mol. The summed E-state index contributed by atoms with van der Waals surface area (Å²) in [6.07, 6.45) is 3.40. The number of aromatic nitrogens is 1. The molecule has 1 amide bonds. The molecule has 0 saturated heterocycles. The largest absolute Gasteiger partial charge is 0.395 e. The van der Waals surface area contributed by atoms with E-state index in [4.69, 9.17) is 5.11 Å². The van der Waals surface area contributed by atoms with Crippen molar-refractivity contribution in [2.45, 2.75) is 25.8 Å². The van der Waals surface area contributed by atoms with Crippen molar-refractivity contribution >= 4 is 5.91 Å². The fraction of sp³-hybridized carbons (Fsp3) is 0.467. The van der Waals surface area contributed by atoms with Crippen LogP contribution in [0.4, 0.5) is 0 Å². The van der Waals surface area contributed by atoms with E-state index >= 15 is 0 Å². The molecule has 0 aliphatic heterocycles. The first-order chi connectivity index (χ1) is 9.44. The first-order valence-electron chi connectivity index (χ1n) is 6.37. The molecule has 5 nitrogen and oxygen atoms in total. The van der Waals surface area contributed by atoms with Crippen LogP contribution in [0.2, 0.25) is 0 Å². The fourth-order valence-electron chi connectivity index (χ4n) is 1.46. The topological polar surface area (TPSA) is 73.7 Å². The summed E-state index contributed by atoms with van der Waals surface area (Å²) < 4.78 is 0. The third-order valence-corrected chi connectivity index (χ3v) is 3.11. The van der Waals surface area contributed by atoms with Crippen LogP contribution in [0.1, 0.15) is 36.2 Å². The number of aliphatic hydroxyl groups is 2. The first kappa shape index (κ1) is 16.2. The lowest BCUT2D eigenvalue weighted by Gasteiger charge is -2.34. The van der Waals surface area contributed by atoms with E-state index < -0.39 is 5.54 Å². The van der Waals surface area contributed by atoms with Crippen LogP contribution in [0.25, 0.3) is 0 Å². The zero-order chi connectivity index (χ0) is 15.2. The quantitative estimate of drug-likeness (QED) is 0.792. The van der Waals surface area contributed by atoms with Crippen LogP contribution in [0.15, 0.2) is 18.5 Å². The molecule has 0 bridgehead atoms. The maximum Gasteiger partial charge on any atom is 0.255 e. The Hall–Kier alpha value is -1.90. The van der Waals surface area contributed by atoms with Crippen molar-refractivity contribution in [1.82, 2.24) is 9.88 Å². The Morgan fingerprint density at radius 2 is 2.15 bits per heavy atom. The normalized spacial score (nSPS) is 10.7. The molecule has 0 spiro atoms. The molecular formula is C15H20N2O3. The van der Waals surface area contributed by atoms with Gasteiger partial charge >= 0.3 is 0 Å². The van der Waals surface area contributed by atoms with E-state index in [2.05, 4.69) is 16.8 Å². The molecule has 0 aromatic carbocycles. The van der Waals surface area contributed by atoms with Crippen molar-refractivity contribution < 1.29 is 15.0 Å². The number of nitrogens with zero attached hydrogens (tertiary/aromatic N) is 2. The molecule has 5 heteroatoms. The molecule has 0 fully saturated rings. The number of hydrogen-bond donors (Lipinski definition) is 2. The Labute approximate surface area is 119 Å². The highest BCUT2D eigenvalue weighted by Crippen LogP contribution is 2.17. The van der Waals surface area contributed by atoms with E-state index in [1.54, 1.807) is 27.0 Å². The maximum atomic E-state index is 12.5. The summed E-state index contributed by atoms with van der Waals surface area (Å²) in [5.74, 6) is 5.39. The number of aliphatic hydroxyl groups excluding tert-OH is 2. The van der Waals surface area contributed by atoms with E-state index in [1.807, 2.05) is 0 Å². The average Bonchev–Trinajstić information content (AvgIpc) is 2.46. The third kappa shape index (κ3) is 3.80. The van der Waals surface area contributed by atoms with Crippen LogP contribution in [0.3, 0.4) is 0 Å².